The normalized spacial score (nSPS) is 18.4. The molecule has 0 bridgehead atoms. The van der Waals surface area contributed by atoms with Crippen molar-refractivity contribution >= 4 is 29.3 Å². The fourth-order valence-electron chi connectivity index (χ4n) is 3.57. The summed E-state index contributed by atoms with van der Waals surface area (Å²) in [5.41, 5.74) is 7.34. The van der Waals surface area contributed by atoms with Crippen molar-refractivity contribution in [2.24, 2.45) is 15.9 Å². The molecule has 1 saturated carbocycles. The second-order valence-corrected chi connectivity index (χ2v) is 7.61. The lowest BCUT2D eigenvalue weighted by Crippen LogP contribution is -2.23. The number of hydrogen-bond acceptors (Lipinski definition) is 10. The van der Waals surface area contributed by atoms with E-state index in [1.54, 1.807) is 6.07 Å². The highest BCUT2D eigenvalue weighted by Crippen LogP contribution is 2.36. The van der Waals surface area contributed by atoms with Crippen LogP contribution in [0, 0.1) is 4.91 Å². The van der Waals surface area contributed by atoms with Gasteiger partial charge in [0.15, 0.2) is 5.82 Å². The Morgan fingerprint density at radius 3 is 2.74 bits per heavy atom. The maximum absolute atomic E-state index is 12.4. The van der Waals surface area contributed by atoms with Gasteiger partial charge in [-0.15, -0.1) is 4.91 Å². The van der Waals surface area contributed by atoms with Crippen LogP contribution >= 0.6 is 0 Å². The summed E-state index contributed by atoms with van der Waals surface area (Å²) in [5.74, 6) is 0.226. The van der Waals surface area contributed by atoms with Crippen LogP contribution in [0.3, 0.4) is 0 Å². The van der Waals surface area contributed by atoms with Crippen molar-refractivity contribution in [3.05, 3.63) is 52.7 Å². The predicted octanol–water partition coefficient (Wildman–Crippen LogP) is 3.16. The van der Waals surface area contributed by atoms with Gasteiger partial charge >= 0.3 is 6.16 Å². The first-order valence-corrected chi connectivity index (χ1v) is 10.5. The second-order valence-electron chi connectivity index (χ2n) is 7.61. The molecule has 0 aliphatic heterocycles. The molecular weight excluding hydrogens is 444 g/mol. The molecule has 34 heavy (non-hydrogen) atoms. The number of carbonyl (C=O) groups is 2. The lowest BCUT2D eigenvalue weighted by Gasteiger charge is -2.12. The zero-order chi connectivity index (χ0) is 24.5. The number of rotatable bonds is 9. The van der Waals surface area contributed by atoms with Crippen LogP contribution in [0.15, 0.2) is 52.3 Å². The van der Waals surface area contributed by atoms with Crippen LogP contribution in [0.1, 0.15) is 30.9 Å². The molecule has 1 heterocycles. The number of benzene rings is 1. The van der Waals surface area contributed by atoms with Gasteiger partial charge in [0.1, 0.15) is 23.3 Å². The Morgan fingerprint density at radius 1 is 1.29 bits per heavy atom. The third-order valence-electron chi connectivity index (χ3n) is 5.18. The van der Waals surface area contributed by atoms with E-state index in [1.165, 1.54) is 44.5 Å². The summed E-state index contributed by atoms with van der Waals surface area (Å²) in [6.45, 7) is 0.182. The van der Waals surface area contributed by atoms with E-state index in [0.717, 1.165) is 12.1 Å². The third kappa shape index (κ3) is 6.72. The van der Waals surface area contributed by atoms with Gasteiger partial charge in [-0.05, 0) is 54.8 Å². The molecule has 2 atom stereocenters. The average molecular weight is 470 g/mol. The van der Waals surface area contributed by atoms with Crippen LogP contribution in [-0.2, 0) is 14.3 Å². The SMILES string of the molecule is CN=C(C=C(N)COC)C(=O)Nc1cc([C@H]2CC[C@@H](OC(=O)Oc3ccc(N=O)cc3)C2)[nH]n1. The standard InChI is InChI=1S/C22H26N6O6/c1-24-19(10-14(23)12-32-2)21(29)25-20-11-18(26-27-20)13-3-6-17(9-13)34-22(30)33-16-7-4-15(28-31)5-8-16/h4-5,7-8,10-11,13,17H,3,6,9,12,23H2,1-2H3,(H2,25,26,27,29)/t13-,17+/m0/s1. The quantitative estimate of drug-likeness (QED) is 0.217. The van der Waals surface area contributed by atoms with Gasteiger partial charge in [0, 0.05) is 37.5 Å². The van der Waals surface area contributed by atoms with Crippen molar-refractivity contribution in [1.82, 2.24) is 10.2 Å². The molecule has 1 amide bonds. The number of amides is 1. The number of aromatic nitrogens is 2. The van der Waals surface area contributed by atoms with E-state index in [-0.39, 0.29) is 35.8 Å². The van der Waals surface area contributed by atoms with Crippen molar-refractivity contribution in [3.8, 4) is 5.75 Å². The van der Waals surface area contributed by atoms with Gasteiger partial charge < -0.3 is 25.3 Å². The Hall–Kier alpha value is -4.06. The number of H-pyrrole nitrogens is 1. The molecule has 1 aliphatic rings. The van der Waals surface area contributed by atoms with Gasteiger partial charge in [0.05, 0.1) is 6.61 Å². The lowest BCUT2D eigenvalue weighted by molar-refractivity contribution is -0.110. The molecule has 1 aromatic carbocycles. The smallest absolute Gasteiger partial charge is 0.431 e. The fraction of sp³-hybridized carbons (Fsp3) is 0.364. The third-order valence-corrected chi connectivity index (χ3v) is 5.18. The maximum atomic E-state index is 12.4. The minimum Gasteiger partial charge on any atom is -0.431 e. The highest BCUT2D eigenvalue weighted by molar-refractivity contribution is 6.47. The molecule has 2 aromatic rings. The average Bonchev–Trinajstić information content (AvgIpc) is 3.47. The number of aromatic amines is 1. The summed E-state index contributed by atoms with van der Waals surface area (Å²) in [7, 11) is 2.99. The zero-order valence-corrected chi connectivity index (χ0v) is 18.8. The number of carbonyl (C=O) groups excluding carboxylic acids is 2. The first-order chi connectivity index (χ1) is 16.4. The summed E-state index contributed by atoms with van der Waals surface area (Å²) in [6, 6.07) is 7.55. The minimum atomic E-state index is -0.817. The number of nitrogens with zero attached hydrogens (tertiary/aromatic N) is 3. The van der Waals surface area contributed by atoms with Crippen LogP contribution in [0.5, 0.6) is 5.75 Å². The minimum absolute atomic E-state index is 0.0745. The van der Waals surface area contributed by atoms with Crippen molar-refractivity contribution in [1.29, 1.82) is 0 Å². The summed E-state index contributed by atoms with van der Waals surface area (Å²) in [4.78, 5) is 38.9. The van der Waals surface area contributed by atoms with E-state index in [4.69, 9.17) is 19.9 Å². The van der Waals surface area contributed by atoms with Crippen molar-refractivity contribution in [3.63, 3.8) is 0 Å². The topological polar surface area (TPSA) is 170 Å². The molecule has 12 heteroatoms. The van der Waals surface area contributed by atoms with Crippen LogP contribution in [0.4, 0.5) is 16.3 Å². The van der Waals surface area contributed by atoms with Gasteiger partial charge in [0.2, 0.25) is 0 Å². The number of ether oxygens (including phenoxy) is 3. The van der Waals surface area contributed by atoms with E-state index >= 15 is 0 Å². The summed E-state index contributed by atoms with van der Waals surface area (Å²) in [5, 5.41) is 12.5. The predicted molar refractivity (Wildman–Crippen MR) is 124 cm³/mol. The largest absolute Gasteiger partial charge is 0.514 e. The number of aliphatic imine (C=N–C) groups is 1. The number of hydrogen-bond donors (Lipinski definition) is 3. The molecule has 0 radical (unpaired) electrons. The molecule has 1 aliphatic carbocycles. The van der Waals surface area contributed by atoms with Gasteiger partial charge in [-0.1, -0.05) is 0 Å². The van der Waals surface area contributed by atoms with Gasteiger partial charge in [-0.25, -0.2) is 4.79 Å². The first kappa shape index (κ1) is 24.6. The molecular formula is C22H26N6O6. The second kappa shape index (κ2) is 11.7. The van der Waals surface area contributed by atoms with E-state index in [9.17, 15) is 14.5 Å². The van der Waals surface area contributed by atoms with Crippen LogP contribution in [0.2, 0.25) is 0 Å². The van der Waals surface area contributed by atoms with E-state index < -0.39 is 12.1 Å². The zero-order valence-electron chi connectivity index (χ0n) is 18.8. The lowest BCUT2D eigenvalue weighted by atomic mass is 10.0. The van der Waals surface area contributed by atoms with Crippen LogP contribution in [-0.4, -0.2) is 54.8 Å². The molecule has 0 spiro atoms. The van der Waals surface area contributed by atoms with Crippen molar-refractivity contribution < 1.29 is 23.8 Å². The van der Waals surface area contributed by atoms with E-state index in [1.807, 2.05) is 0 Å². The molecule has 0 unspecified atom stereocenters. The van der Waals surface area contributed by atoms with E-state index in [0.29, 0.717) is 24.4 Å². The molecule has 3 rings (SSSR count). The highest BCUT2D eigenvalue weighted by Gasteiger charge is 2.30. The molecule has 0 saturated heterocycles. The van der Waals surface area contributed by atoms with Crippen LogP contribution in [0.25, 0.3) is 0 Å². The number of anilines is 1. The Kier molecular flexibility index (Phi) is 8.46. The molecule has 180 valence electrons. The van der Waals surface area contributed by atoms with Crippen molar-refractivity contribution in [2.75, 3.05) is 26.1 Å². The van der Waals surface area contributed by atoms with Crippen LogP contribution < -0.4 is 15.8 Å². The van der Waals surface area contributed by atoms with Gasteiger partial charge in [-0.2, -0.15) is 5.10 Å². The molecule has 12 nitrogen and oxygen atoms in total. The fourth-order valence-corrected chi connectivity index (χ4v) is 3.57. The van der Waals surface area contributed by atoms with Gasteiger partial charge in [0.25, 0.3) is 5.91 Å². The summed E-state index contributed by atoms with van der Waals surface area (Å²) < 4.78 is 15.5. The van der Waals surface area contributed by atoms with Crippen molar-refractivity contribution in [2.45, 2.75) is 31.3 Å². The Morgan fingerprint density at radius 2 is 2.06 bits per heavy atom. The van der Waals surface area contributed by atoms with E-state index in [2.05, 4.69) is 25.7 Å². The summed E-state index contributed by atoms with van der Waals surface area (Å²) >= 11 is 0. The Balaban J connectivity index is 1.51. The molecule has 4 N–H and O–H groups in total. The monoisotopic (exact) mass is 470 g/mol. The Labute approximate surface area is 195 Å². The molecule has 1 fully saturated rings. The maximum Gasteiger partial charge on any atom is 0.514 e. The first-order valence-electron chi connectivity index (χ1n) is 10.5. The summed E-state index contributed by atoms with van der Waals surface area (Å²) in [6.07, 6.45) is 2.31. The highest BCUT2D eigenvalue weighted by atomic mass is 16.7. The molecule has 1 aromatic heterocycles. The number of methoxy groups -OCH3 is 1. The Bertz CT molecular complexity index is 1080. The van der Waals surface area contributed by atoms with Gasteiger partial charge in [-0.3, -0.25) is 14.9 Å². The number of nitrogens with one attached hydrogen (secondary N) is 2. The number of nitrogens with two attached hydrogens (primary N) is 1. The number of nitroso groups, excluding NO2 is 1.